The molecule has 1 atom stereocenters. The zero-order chi connectivity index (χ0) is 34.7. The number of benzene rings is 5. The molecule has 3 nitrogen and oxygen atoms in total. The van der Waals surface area contributed by atoms with Gasteiger partial charge in [-0.25, -0.2) is 4.39 Å². The quantitative estimate of drug-likeness (QED) is 0.157. The molecule has 8 aromatic rings. The van der Waals surface area contributed by atoms with Crippen molar-refractivity contribution < 1.29 is 33.0 Å². The molecule has 0 spiro atoms. The minimum atomic E-state index is -1.68. The smallest absolute Gasteiger partial charge is 0.126 e. The fourth-order valence-corrected chi connectivity index (χ4v) is 5.43. The molecule has 5 aromatic carbocycles. The second-order valence-electron chi connectivity index (χ2n) is 11.0. The van der Waals surface area contributed by atoms with Crippen molar-refractivity contribution in [1.82, 2.24) is 9.97 Å². The van der Waals surface area contributed by atoms with Crippen LogP contribution in [0.2, 0.25) is 0 Å². The number of furan rings is 1. The maximum absolute atomic E-state index is 13.6. The van der Waals surface area contributed by atoms with Crippen LogP contribution in [-0.4, -0.2) is 9.97 Å². The van der Waals surface area contributed by atoms with Crippen LogP contribution < -0.4 is 0 Å². The van der Waals surface area contributed by atoms with E-state index < -0.39 is 12.3 Å². The van der Waals surface area contributed by atoms with Crippen LogP contribution in [0.5, 0.6) is 0 Å². The van der Waals surface area contributed by atoms with Crippen LogP contribution in [0.25, 0.3) is 44.5 Å². The summed E-state index contributed by atoms with van der Waals surface area (Å²) in [4.78, 5) is 8.74. The Morgan fingerprint density at radius 2 is 1.50 bits per heavy atom. The Bertz CT molecular complexity index is 2390. The van der Waals surface area contributed by atoms with Gasteiger partial charge < -0.3 is 14.4 Å². The Hall–Kier alpha value is -5.22. The molecule has 8 rings (SSSR count). The van der Waals surface area contributed by atoms with Gasteiger partial charge in [-0.15, -0.1) is 53.6 Å². The molecule has 1 radical (unpaired) electrons. The number of nitrogens with zero attached hydrogens (tertiary/aromatic N) is 2. The molecule has 237 valence electrons. The van der Waals surface area contributed by atoms with E-state index in [1.807, 2.05) is 97.9 Å². The number of pyridine rings is 2. The summed E-state index contributed by atoms with van der Waals surface area (Å²) in [5.74, 6) is -1.14. The van der Waals surface area contributed by atoms with Gasteiger partial charge in [0.05, 0.1) is 5.58 Å². The van der Waals surface area contributed by atoms with E-state index in [1.165, 1.54) is 12.1 Å². The normalized spacial score (nSPS) is 13.2. The van der Waals surface area contributed by atoms with E-state index in [0.29, 0.717) is 33.6 Å². The van der Waals surface area contributed by atoms with Gasteiger partial charge in [0, 0.05) is 48.1 Å². The Kier molecular flexibility index (Phi) is 9.12. The van der Waals surface area contributed by atoms with Crippen molar-refractivity contribution in [1.29, 1.82) is 0 Å². The number of halogens is 1. The van der Waals surface area contributed by atoms with Crippen molar-refractivity contribution in [2.75, 3.05) is 0 Å². The van der Waals surface area contributed by atoms with E-state index in [4.69, 9.17) is 8.53 Å². The van der Waals surface area contributed by atoms with Crippen molar-refractivity contribution in [3.05, 3.63) is 192 Å². The number of aromatic nitrogens is 2. The van der Waals surface area contributed by atoms with E-state index in [1.54, 1.807) is 48.8 Å². The van der Waals surface area contributed by atoms with E-state index >= 15 is 0 Å². The predicted octanol–water partition coefficient (Wildman–Crippen LogP) is 10.9. The molecule has 3 heterocycles. The van der Waals surface area contributed by atoms with Gasteiger partial charge in [-0.05, 0) is 64.6 Å². The zero-order valence-electron chi connectivity index (χ0n) is 28.9. The molecule has 0 amide bonds. The summed E-state index contributed by atoms with van der Waals surface area (Å²) in [6.07, 6.45) is 1.68. The summed E-state index contributed by atoms with van der Waals surface area (Å²) in [7, 11) is 0. The Balaban J connectivity index is 0.000000181. The fourth-order valence-electron chi connectivity index (χ4n) is 5.43. The van der Waals surface area contributed by atoms with Crippen molar-refractivity contribution >= 4 is 21.9 Å². The van der Waals surface area contributed by atoms with Gasteiger partial charge in [0.2, 0.25) is 0 Å². The van der Waals surface area contributed by atoms with Gasteiger partial charge in [0.25, 0.3) is 0 Å². The van der Waals surface area contributed by atoms with Crippen molar-refractivity contribution in [2.45, 2.75) is 19.2 Å². The van der Waals surface area contributed by atoms with Gasteiger partial charge in [-0.1, -0.05) is 96.7 Å². The molecule has 0 bridgehead atoms. The van der Waals surface area contributed by atoms with Crippen LogP contribution in [-0.2, 0) is 26.5 Å². The molecular formula is C43H31FIrN2O-2. The number of fused-ring (bicyclic) bond motifs is 3. The first kappa shape index (κ1) is 29.0. The van der Waals surface area contributed by atoms with Crippen LogP contribution >= 0.6 is 0 Å². The third kappa shape index (κ3) is 7.34. The molecule has 5 heteroatoms. The molecule has 0 saturated heterocycles. The van der Waals surface area contributed by atoms with Crippen LogP contribution in [0.4, 0.5) is 4.39 Å². The van der Waals surface area contributed by atoms with E-state index in [9.17, 15) is 4.39 Å². The summed E-state index contributed by atoms with van der Waals surface area (Å²) < 4.78 is 45.4. The standard InChI is InChI=1S/C24H15FNO.C19H16N.Ir/c25-18-9-10-19-20-7-4-8-21(24(20)27-23(19)15-18)22-14-17(11-12-26-22)13-16-5-2-1-3-6-16;1-15(16-7-3-2-4-8-16)17-10-12-18(13-11-17)19-9-5-6-14-20-19;/h1-7,9-12,14-15H,13H2;2-12,14-15H,1H3;/q2*-1;/i13D2;15D;. The molecule has 0 aliphatic heterocycles. The number of hydrogen-bond donors (Lipinski definition) is 0. The summed E-state index contributed by atoms with van der Waals surface area (Å²) in [6, 6.07) is 48.5. The molecular weight excluding hydrogens is 772 g/mol. The van der Waals surface area contributed by atoms with Gasteiger partial charge in [0.15, 0.2) is 0 Å². The first-order valence-electron chi connectivity index (χ1n) is 16.8. The summed E-state index contributed by atoms with van der Waals surface area (Å²) in [5, 5.41) is 1.65. The number of rotatable bonds is 6. The fraction of sp³-hybridized carbons (Fsp3) is 0.0698. The second kappa shape index (κ2) is 15.1. The average molecular weight is 806 g/mol. The van der Waals surface area contributed by atoms with Gasteiger partial charge in [-0.3, -0.25) is 0 Å². The topological polar surface area (TPSA) is 38.9 Å². The average Bonchev–Trinajstić information content (AvgIpc) is 3.54. The first-order valence-corrected chi connectivity index (χ1v) is 15.3. The van der Waals surface area contributed by atoms with E-state index in [2.05, 4.69) is 22.1 Å². The minimum absolute atomic E-state index is 0. The van der Waals surface area contributed by atoms with Gasteiger partial charge in [0.1, 0.15) is 11.4 Å². The molecule has 48 heavy (non-hydrogen) atoms. The third-order valence-corrected chi connectivity index (χ3v) is 7.87. The molecule has 3 aromatic heterocycles. The summed E-state index contributed by atoms with van der Waals surface area (Å²) in [5.41, 5.74) is 6.97. The van der Waals surface area contributed by atoms with Gasteiger partial charge >= 0.3 is 0 Å². The predicted molar refractivity (Wildman–Crippen MR) is 187 cm³/mol. The van der Waals surface area contributed by atoms with Crippen LogP contribution in [0.3, 0.4) is 0 Å². The number of hydrogen-bond acceptors (Lipinski definition) is 3. The monoisotopic (exact) mass is 806 g/mol. The molecule has 0 N–H and O–H groups in total. The van der Waals surface area contributed by atoms with Crippen molar-refractivity contribution in [3.63, 3.8) is 0 Å². The van der Waals surface area contributed by atoms with Crippen LogP contribution in [0.15, 0.2) is 156 Å². The third-order valence-electron chi connectivity index (χ3n) is 7.87. The molecule has 0 saturated carbocycles. The molecule has 0 aliphatic carbocycles. The Morgan fingerprint density at radius 3 is 2.25 bits per heavy atom. The van der Waals surface area contributed by atoms with Crippen LogP contribution in [0.1, 0.15) is 39.2 Å². The Labute approximate surface area is 297 Å². The second-order valence-corrected chi connectivity index (χ2v) is 11.0. The van der Waals surface area contributed by atoms with E-state index in [0.717, 1.165) is 33.2 Å². The van der Waals surface area contributed by atoms with E-state index in [-0.39, 0.29) is 25.9 Å². The van der Waals surface area contributed by atoms with Crippen molar-refractivity contribution in [2.24, 2.45) is 0 Å². The Morgan fingerprint density at radius 1 is 0.729 bits per heavy atom. The summed E-state index contributed by atoms with van der Waals surface area (Å²) >= 11 is 0. The van der Waals surface area contributed by atoms with Crippen molar-refractivity contribution in [3.8, 4) is 22.5 Å². The van der Waals surface area contributed by atoms with Gasteiger partial charge in [-0.2, -0.15) is 0 Å². The first-order chi connectivity index (χ1) is 24.2. The van der Waals surface area contributed by atoms with Crippen LogP contribution in [0, 0.1) is 17.9 Å². The molecule has 1 unspecified atom stereocenters. The maximum Gasteiger partial charge on any atom is 0.126 e. The SMILES string of the molecule is [2H]C(C)(c1c[c-]c(-c2ccccn2)cc1)c1ccccc1.[2H]C([2H])(c1ccccc1)c1ccnc(-c2[c-]ccc3c2oc2cc(F)ccc23)c1.[Ir]. The molecule has 0 fully saturated rings. The minimum Gasteiger partial charge on any atom is -0.500 e. The maximum atomic E-state index is 13.6. The summed E-state index contributed by atoms with van der Waals surface area (Å²) in [6.45, 7) is 1.91. The largest absolute Gasteiger partial charge is 0.500 e. The molecule has 0 aliphatic rings. The zero-order valence-corrected chi connectivity index (χ0v) is 28.3.